The van der Waals surface area contributed by atoms with E-state index in [1.807, 2.05) is 27.7 Å². The zero-order valence-corrected chi connectivity index (χ0v) is 15.2. The molecule has 1 N–H and O–H groups in total. The molecule has 7 heteroatoms. The summed E-state index contributed by atoms with van der Waals surface area (Å²) < 4.78 is 16.4. The third-order valence-electron chi connectivity index (χ3n) is 4.29. The first-order valence-electron chi connectivity index (χ1n) is 8.72. The zero-order valence-electron chi connectivity index (χ0n) is 15.2. The lowest BCUT2D eigenvalue weighted by atomic mass is 9.96. The Labute approximate surface area is 144 Å². The second kappa shape index (κ2) is 7.70. The van der Waals surface area contributed by atoms with Crippen molar-refractivity contribution in [1.82, 2.24) is 10.2 Å². The largest absolute Gasteiger partial charge is 0.444 e. The molecule has 2 aliphatic rings. The molecule has 7 nitrogen and oxygen atoms in total. The molecular formula is C17H30N2O5. The molecule has 2 rings (SSSR count). The van der Waals surface area contributed by atoms with E-state index in [0.29, 0.717) is 52.1 Å². The number of likely N-dealkylation sites (tertiary alicyclic amines) is 1. The summed E-state index contributed by atoms with van der Waals surface area (Å²) in [5.41, 5.74) is -0.494. The smallest absolute Gasteiger partial charge is 0.410 e. The molecule has 0 radical (unpaired) electrons. The van der Waals surface area contributed by atoms with Crippen LogP contribution in [0.2, 0.25) is 0 Å². The van der Waals surface area contributed by atoms with Gasteiger partial charge in [0.2, 0.25) is 5.91 Å². The summed E-state index contributed by atoms with van der Waals surface area (Å²) in [4.78, 5) is 26.0. The van der Waals surface area contributed by atoms with Crippen molar-refractivity contribution in [2.24, 2.45) is 5.92 Å². The van der Waals surface area contributed by atoms with E-state index in [4.69, 9.17) is 14.2 Å². The number of hydrogen-bond donors (Lipinski definition) is 1. The molecule has 0 atom stereocenters. The molecule has 0 aromatic carbocycles. The molecular weight excluding hydrogens is 312 g/mol. The first-order chi connectivity index (χ1) is 11.2. The van der Waals surface area contributed by atoms with Gasteiger partial charge in [0.25, 0.3) is 0 Å². The topological polar surface area (TPSA) is 77.1 Å². The SMILES string of the molecule is CC(C)(C)OC(=O)N1CCC(C(=O)NCCC2(C)OCCO2)CC1. The number of ether oxygens (including phenoxy) is 3. The maximum atomic E-state index is 12.3. The van der Waals surface area contributed by atoms with Gasteiger partial charge in [-0.05, 0) is 40.5 Å². The zero-order chi connectivity index (χ0) is 17.8. The number of piperidine rings is 1. The van der Waals surface area contributed by atoms with Crippen LogP contribution in [0.3, 0.4) is 0 Å². The van der Waals surface area contributed by atoms with E-state index in [0.717, 1.165) is 0 Å². The Kier molecular flexibility index (Phi) is 6.09. The summed E-state index contributed by atoms with van der Waals surface area (Å²) in [6.07, 6.45) is 1.66. The van der Waals surface area contributed by atoms with E-state index in [1.165, 1.54) is 0 Å². The fourth-order valence-corrected chi connectivity index (χ4v) is 2.91. The molecule has 0 spiro atoms. The molecule has 24 heavy (non-hydrogen) atoms. The number of nitrogens with one attached hydrogen (secondary N) is 1. The summed E-state index contributed by atoms with van der Waals surface area (Å²) >= 11 is 0. The van der Waals surface area contributed by atoms with Crippen molar-refractivity contribution >= 4 is 12.0 Å². The number of nitrogens with zero attached hydrogens (tertiary/aromatic N) is 1. The van der Waals surface area contributed by atoms with Crippen LogP contribution in [-0.2, 0) is 19.0 Å². The van der Waals surface area contributed by atoms with E-state index in [2.05, 4.69) is 5.32 Å². The highest BCUT2D eigenvalue weighted by Gasteiger charge is 2.32. The maximum absolute atomic E-state index is 12.3. The molecule has 2 heterocycles. The highest BCUT2D eigenvalue weighted by atomic mass is 16.7. The molecule has 0 saturated carbocycles. The Morgan fingerprint density at radius 1 is 1.21 bits per heavy atom. The van der Waals surface area contributed by atoms with Gasteiger partial charge in [-0.1, -0.05) is 0 Å². The normalized spacial score (nSPS) is 21.6. The minimum absolute atomic E-state index is 0.0421. The van der Waals surface area contributed by atoms with Crippen molar-refractivity contribution < 1.29 is 23.8 Å². The lowest BCUT2D eigenvalue weighted by Gasteiger charge is -2.33. The van der Waals surface area contributed by atoms with Gasteiger partial charge in [-0.2, -0.15) is 0 Å². The molecule has 0 aromatic rings. The number of carbonyl (C=O) groups is 2. The van der Waals surface area contributed by atoms with E-state index in [9.17, 15) is 9.59 Å². The van der Waals surface area contributed by atoms with E-state index in [1.54, 1.807) is 4.90 Å². The van der Waals surface area contributed by atoms with Crippen molar-refractivity contribution in [3.63, 3.8) is 0 Å². The Hall–Kier alpha value is -1.34. The molecule has 2 amide bonds. The fraction of sp³-hybridized carbons (Fsp3) is 0.882. The summed E-state index contributed by atoms with van der Waals surface area (Å²) in [6.45, 7) is 10.3. The van der Waals surface area contributed by atoms with E-state index in [-0.39, 0.29) is 17.9 Å². The van der Waals surface area contributed by atoms with Crippen molar-refractivity contribution in [3.8, 4) is 0 Å². The number of amides is 2. The number of carbonyl (C=O) groups excluding carboxylic acids is 2. The van der Waals surface area contributed by atoms with Gasteiger partial charge in [-0.25, -0.2) is 4.79 Å². The summed E-state index contributed by atoms with van der Waals surface area (Å²) in [6, 6.07) is 0. The Morgan fingerprint density at radius 3 is 2.33 bits per heavy atom. The first-order valence-corrected chi connectivity index (χ1v) is 8.72. The van der Waals surface area contributed by atoms with Gasteiger partial charge in [-0.3, -0.25) is 4.79 Å². The Balaban J connectivity index is 1.68. The molecule has 0 unspecified atom stereocenters. The lowest BCUT2D eigenvalue weighted by molar-refractivity contribution is -0.147. The summed E-state index contributed by atoms with van der Waals surface area (Å²) in [7, 11) is 0. The van der Waals surface area contributed by atoms with Gasteiger partial charge in [0.1, 0.15) is 5.60 Å². The quantitative estimate of drug-likeness (QED) is 0.844. The molecule has 2 saturated heterocycles. The molecule has 138 valence electrons. The number of hydrogen-bond acceptors (Lipinski definition) is 5. The Morgan fingerprint density at radius 2 is 1.79 bits per heavy atom. The average Bonchev–Trinajstić information content (AvgIpc) is 2.92. The minimum atomic E-state index is -0.576. The van der Waals surface area contributed by atoms with Crippen molar-refractivity contribution in [3.05, 3.63) is 0 Å². The average molecular weight is 342 g/mol. The standard InChI is InChI=1S/C17H30N2O5/c1-16(2,3)24-15(21)19-9-5-13(6-10-19)14(20)18-8-7-17(4)22-11-12-23-17/h13H,5-12H2,1-4H3,(H,18,20). The van der Waals surface area contributed by atoms with Crippen molar-refractivity contribution in [2.75, 3.05) is 32.8 Å². The predicted molar refractivity (Wildman–Crippen MR) is 88.5 cm³/mol. The first kappa shape index (κ1) is 19.0. The monoisotopic (exact) mass is 342 g/mol. The summed E-state index contributed by atoms with van der Waals surface area (Å²) in [5.74, 6) is -0.588. The van der Waals surface area contributed by atoms with Gasteiger partial charge in [0, 0.05) is 32.0 Å². The summed E-state index contributed by atoms with van der Waals surface area (Å²) in [5, 5.41) is 2.95. The predicted octanol–water partition coefficient (Wildman–Crippen LogP) is 1.90. The van der Waals surface area contributed by atoms with Crippen LogP contribution < -0.4 is 5.32 Å². The van der Waals surface area contributed by atoms with Gasteiger partial charge in [-0.15, -0.1) is 0 Å². The van der Waals surface area contributed by atoms with Crippen LogP contribution in [0.1, 0.15) is 47.0 Å². The highest BCUT2D eigenvalue weighted by molar-refractivity contribution is 5.79. The van der Waals surface area contributed by atoms with Gasteiger partial charge >= 0.3 is 6.09 Å². The second-order valence-corrected chi connectivity index (χ2v) is 7.61. The molecule has 2 fully saturated rings. The highest BCUT2D eigenvalue weighted by Crippen LogP contribution is 2.23. The van der Waals surface area contributed by atoms with Crippen LogP contribution in [0, 0.1) is 5.92 Å². The van der Waals surface area contributed by atoms with Crippen molar-refractivity contribution in [2.45, 2.75) is 58.3 Å². The second-order valence-electron chi connectivity index (χ2n) is 7.61. The molecule has 2 aliphatic heterocycles. The van der Waals surface area contributed by atoms with E-state index >= 15 is 0 Å². The van der Waals surface area contributed by atoms with Crippen LogP contribution in [0.5, 0.6) is 0 Å². The molecule has 0 aromatic heterocycles. The third-order valence-corrected chi connectivity index (χ3v) is 4.29. The van der Waals surface area contributed by atoms with E-state index < -0.39 is 11.4 Å². The van der Waals surface area contributed by atoms with Crippen LogP contribution in [0.25, 0.3) is 0 Å². The number of rotatable bonds is 4. The van der Waals surface area contributed by atoms with Gasteiger partial charge in [0.15, 0.2) is 5.79 Å². The van der Waals surface area contributed by atoms with Crippen molar-refractivity contribution in [1.29, 1.82) is 0 Å². The molecule has 0 aliphatic carbocycles. The Bertz CT molecular complexity index is 446. The van der Waals surface area contributed by atoms with Crippen LogP contribution in [0.4, 0.5) is 4.79 Å². The lowest BCUT2D eigenvalue weighted by Crippen LogP contribution is -2.45. The van der Waals surface area contributed by atoms with Crippen LogP contribution >= 0.6 is 0 Å². The van der Waals surface area contributed by atoms with Crippen LogP contribution in [0.15, 0.2) is 0 Å². The van der Waals surface area contributed by atoms with Crippen LogP contribution in [-0.4, -0.2) is 61.1 Å². The van der Waals surface area contributed by atoms with Gasteiger partial charge in [0.05, 0.1) is 13.2 Å². The molecule has 0 bridgehead atoms. The maximum Gasteiger partial charge on any atom is 0.410 e. The van der Waals surface area contributed by atoms with Gasteiger partial charge < -0.3 is 24.4 Å². The third kappa shape index (κ3) is 5.63. The fourth-order valence-electron chi connectivity index (χ4n) is 2.91. The minimum Gasteiger partial charge on any atom is -0.444 e.